The van der Waals surface area contributed by atoms with Crippen LogP contribution >= 0.6 is 7.82 Å². The monoisotopic (exact) mass is 1170 g/mol. The van der Waals surface area contributed by atoms with Crippen LogP contribution in [-0.2, 0) is 18.4 Å². The number of likely N-dealkylation sites (N-methyl/N-ethyl adjacent to an activating group) is 1. The molecule has 0 heterocycles. The minimum absolute atomic E-state index is 0.0656. The van der Waals surface area contributed by atoms with E-state index in [1.165, 1.54) is 340 Å². The number of amides is 1. The van der Waals surface area contributed by atoms with Gasteiger partial charge in [-0.15, -0.1) is 0 Å². The zero-order valence-corrected chi connectivity index (χ0v) is 56.5. The molecule has 3 unspecified atom stereocenters. The molecule has 0 aromatic rings. The van der Waals surface area contributed by atoms with Crippen molar-refractivity contribution in [2.24, 2.45) is 0 Å². The van der Waals surface area contributed by atoms with Gasteiger partial charge in [-0.1, -0.05) is 379 Å². The summed E-state index contributed by atoms with van der Waals surface area (Å²) in [6.07, 6.45) is 82.3. The van der Waals surface area contributed by atoms with Crippen LogP contribution in [0.2, 0.25) is 0 Å². The summed E-state index contributed by atoms with van der Waals surface area (Å²) in [7, 11) is 1.60. The zero-order valence-electron chi connectivity index (χ0n) is 55.6. The Labute approximate surface area is 507 Å². The highest BCUT2D eigenvalue weighted by Crippen LogP contribution is 2.43. The smallest absolute Gasteiger partial charge is 0.387 e. The van der Waals surface area contributed by atoms with Crippen LogP contribution in [0.1, 0.15) is 393 Å². The van der Waals surface area contributed by atoms with E-state index in [0.717, 1.165) is 32.1 Å². The second-order valence-electron chi connectivity index (χ2n) is 26.7. The third-order valence-corrected chi connectivity index (χ3v) is 18.2. The Kier molecular flexibility index (Phi) is 63.1. The Balaban J connectivity index is 4.00. The molecule has 484 valence electrons. The summed E-state index contributed by atoms with van der Waals surface area (Å²) in [4.78, 5) is 23.4. The normalized spacial score (nSPS) is 13.6. The molecule has 0 aliphatic carbocycles. The number of hydrogen-bond donors (Lipinski definition) is 3. The molecule has 81 heavy (non-hydrogen) atoms. The van der Waals surface area contributed by atoms with Gasteiger partial charge in [0.2, 0.25) is 5.91 Å². The average Bonchev–Trinajstić information content (AvgIpc) is 3.43. The molecule has 0 saturated carbocycles. The number of phosphoric acid groups is 1. The van der Waals surface area contributed by atoms with Crippen LogP contribution in [0.5, 0.6) is 0 Å². The van der Waals surface area contributed by atoms with Crippen LogP contribution in [0, 0.1) is 0 Å². The van der Waals surface area contributed by atoms with Gasteiger partial charge >= 0.3 is 7.82 Å². The van der Waals surface area contributed by atoms with E-state index in [-0.39, 0.29) is 19.1 Å². The maximum Gasteiger partial charge on any atom is 0.472 e. The number of allylic oxidation sites excluding steroid dienone is 1. The number of quaternary nitrogens is 1. The maximum absolute atomic E-state index is 13.1. The van der Waals surface area contributed by atoms with E-state index in [9.17, 15) is 19.4 Å². The van der Waals surface area contributed by atoms with Crippen molar-refractivity contribution in [2.75, 3.05) is 40.9 Å². The number of phosphoric ester groups is 1. The van der Waals surface area contributed by atoms with E-state index in [2.05, 4.69) is 19.2 Å². The van der Waals surface area contributed by atoms with Crippen LogP contribution in [0.3, 0.4) is 0 Å². The van der Waals surface area contributed by atoms with Crippen molar-refractivity contribution in [2.45, 2.75) is 405 Å². The number of hydrogen-bond acceptors (Lipinski definition) is 5. The van der Waals surface area contributed by atoms with Crippen molar-refractivity contribution in [3.05, 3.63) is 12.2 Å². The molecular formula is C72H146N2O6P+. The summed E-state index contributed by atoms with van der Waals surface area (Å²) in [5.74, 6) is -0.166. The maximum atomic E-state index is 13.1. The minimum atomic E-state index is -4.35. The molecule has 0 aliphatic rings. The molecule has 1 amide bonds. The molecule has 3 atom stereocenters. The number of aliphatic hydroxyl groups excluding tert-OH is 1. The van der Waals surface area contributed by atoms with E-state index in [1.54, 1.807) is 6.08 Å². The van der Waals surface area contributed by atoms with Gasteiger partial charge < -0.3 is 19.8 Å². The lowest BCUT2D eigenvalue weighted by atomic mass is 10.0. The third kappa shape index (κ3) is 66.6. The topological polar surface area (TPSA) is 105 Å². The molecule has 0 rings (SSSR count). The number of carbonyl (C=O) groups is 1. The first-order valence-corrected chi connectivity index (χ1v) is 38.1. The van der Waals surface area contributed by atoms with Crippen LogP contribution < -0.4 is 5.32 Å². The average molecular weight is 1170 g/mol. The van der Waals surface area contributed by atoms with Crippen molar-refractivity contribution >= 4 is 13.7 Å². The van der Waals surface area contributed by atoms with Gasteiger partial charge in [-0.2, -0.15) is 0 Å². The van der Waals surface area contributed by atoms with Gasteiger partial charge in [0.25, 0.3) is 0 Å². The fourth-order valence-corrected chi connectivity index (χ4v) is 12.3. The highest BCUT2D eigenvalue weighted by atomic mass is 31.2. The SMILES string of the molecule is CCCCCCCCCCCCCCCCCCCCCCCCCCCCCCC/C=C/C(O)C(COP(=O)(O)OCC[N+](C)(C)C)NC(=O)CCCCCCCCCCCCCCCCCCCCCCCCCCCCCC. The van der Waals surface area contributed by atoms with Crippen molar-refractivity contribution in [3.8, 4) is 0 Å². The second kappa shape index (κ2) is 63.7. The van der Waals surface area contributed by atoms with Gasteiger partial charge in [0, 0.05) is 6.42 Å². The predicted octanol–water partition coefficient (Wildman–Crippen LogP) is 23.3. The number of carbonyl (C=O) groups excluding carboxylic acids is 1. The number of nitrogens with zero attached hydrogens (tertiary/aromatic N) is 1. The van der Waals surface area contributed by atoms with E-state index in [1.807, 2.05) is 27.2 Å². The second-order valence-corrected chi connectivity index (χ2v) is 28.1. The van der Waals surface area contributed by atoms with Gasteiger partial charge in [0.05, 0.1) is 39.9 Å². The van der Waals surface area contributed by atoms with Gasteiger partial charge in [0.15, 0.2) is 0 Å². The molecule has 0 aliphatic heterocycles. The Bertz CT molecular complexity index is 1320. The molecule has 8 nitrogen and oxygen atoms in total. The third-order valence-electron chi connectivity index (χ3n) is 17.3. The standard InChI is InChI=1S/C72H145N2O6P/c1-6-8-10-12-14-16-18-20-22-24-26-28-30-32-34-36-37-38-39-41-43-45-47-49-51-53-55-57-59-61-63-65-71(75)70(69-80-81(77,78)79-68-67-74(3,4)5)73-72(76)66-64-62-60-58-56-54-52-50-48-46-44-42-40-35-33-31-29-27-25-23-21-19-17-15-13-11-9-7-2/h63,65,70-71,75H,6-62,64,66-69H2,1-5H3,(H-,73,76,77,78)/p+1/b65-63+. The highest BCUT2D eigenvalue weighted by molar-refractivity contribution is 7.47. The fraction of sp³-hybridized carbons (Fsp3) is 0.958. The minimum Gasteiger partial charge on any atom is -0.387 e. The first-order valence-electron chi connectivity index (χ1n) is 36.6. The first-order chi connectivity index (χ1) is 39.5. The van der Waals surface area contributed by atoms with Crippen molar-refractivity contribution < 1.29 is 32.9 Å². The van der Waals surface area contributed by atoms with Crippen molar-refractivity contribution in [1.29, 1.82) is 0 Å². The summed E-state index contributed by atoms with van der Waals surface area (Å²) >= 11 is 0. The zero-order chi connectivity index (χ0) is 59.1. The Morgan fingerprint density at radius 1 is 0.407 bits per heavy atom. The summed E-state index contributed by atoms with van der Waals surface area (Å²) in [6.45, 7) is 4.89. The number of nitrogens with one attached hydrogen (secondary N) is 1. The van der Waals surface area contributed by atoms with E-state index < -0.39 is 20.0 Å². The summed E-state index contributed by atoms with van der Waals surface area (Å²) < 4.78 is 23.9. The van der Waals surface area contributed by atoms with E-state index >= 15 is 0 Å². The predicted molar refractivity (Wildman–Crippen MR) is 355 cm³/mol. The summed E-state index contributed by atoms with van der Waals surface area (Å²) in [5.41, 5.74) is 0. The summed E-state index contributed by atoms with van der Waals surface area (Å²) in [5, 5.41) is 14.0. The molecule has 0 fully saturated rings. The highest BCUT2D eigenvalue weighted by Gasteiger charge is 2.28. The molecule has 0 spiro atoms. The van der Waals surface area contributed by atoms with Crippen LogP contribution in [0.25, 0.3) is 0 Å². The van der Waals surface area contributed by atoms with Gasteiger partial charge in [-0.3, -0.25) is 13.8 Å². The van der Waals surface area contributed by atoms with E-state index in [0.29, 0.717) is 17.4 Å². The summed E-state index contributed by atoms with van der Waals surface area (Å²) in [6, 6.07) is -0.844. The molecular weight excluding hydrogens is 1020 g/mol. The number of rotatable bonds is 69. The molecule has 3 N–H and O–H groups in total. The van der Waals surface area contributed by atoms with Gasteiger partial charge in [-0.05, 0) is 19.3 Å². The molecule has 0 radical (unpaired) electrons. The number of unbranched alkanes of at least 4 members (excludes halogenated alkanes) is 56. The van der Waals surface area contributed by atoms with Gasteiger partial charge in [0.1, 0.15) is 13.2 Å². The lowest BCUT2D eigenvalue weighted by Gasteiger charge is -2.25. The van der Waals surface area contributed by atoms with Crippen LogP contribution in [0.15, 0.2) is 12.2 Å². The first kappa shape index (κ1) is 80.2. The largest absolute Gasteiger partial charge is 0.472 e. The van der Waals surface area contributed by atoms with Crippen molar-refractivity contribution in [1.82, 2.24) is 5.32 Å². The molecule has 0 aromatic carbocycles. The number of aliphatic hydroxyl groups is 1. The van der Waals surface area contributed by atoms with Crippen molar-refractivity contribution in [3.63, 3.8) is 0 Å². The Morgan fingerprint density at radius 3 is 0.914 bits per heavy atom. The van der Waals surface area contributed by atoms with Crippen LogP contribution in [-0.4, -0.2) is 73.4 Å². The molecule has 0 aromatic heterocycles. The molecule has 9 heteroatoms. The Hall–Kier alpha value is -0.760. The quantitative estimate of drug-likeness (QED) is 0.0243. The Morgan fingerprint density at radius 2 is 0.654 bits per heavy atom. The molecule has 0 bridgehead atoms. The van der Waals surface area contributed by atoms with Gasteiger partial charge in [-0.25, -0.2) is 4.57 Å². The van der Waals surface area contributed by atoms with E-state index in [4.69, 9.17) is 9.05 Å². The lowest BCUT2D eigenvalue weighted by molar-refractivity contribution is -0.870. The lowest BCUT2D eigenvalue weighted by Crippen LogP contribution is -2.45. The van der Waals surface area contributed by atoms with Crippen LogP contribution in [0.4, 0.5) is 0 Å². The fourth-order valence-electron chi connectivity index (χ4n) is 11.6. The molecule has 0 saturated heterocycles.